The molecule has 0 aliphatic carbocycles. The second-order valence-electron chi connectivity index (χ2n) is 6.01. The van der Waals surface area contributed by atoms with E-state index < -0.39 is 0 Å². The Kier molecular flexibility index (Phi) is 5.19. The minimum absolute atomic E-state index is 0.0854. The SMILES string of the molecule is C=S1c2ccc(N3CC(CN[C](C)=[W])OC3=O)cc2CC1CC. The third-order valence-corrected chi connectivity index (χ3v) is 7.18. The van der Waals surface area contributed by atoms with Crippen LogP contribution in [-0.4, -0.2) is 40.4 Å². The fraction of sp³-hybridized carbons (Fsp3) is 0.471. The number of hydrogen-bond donors (Lipinski definition) is 1. The molecule has 2 heterocycles. The zero-order valence-corrected chi connectivity index (χ0v) is 17.3. The van der Waals surface area contributed by atoms with E-state index in [9.17, 15) is 4.79 Å². The van der Waals surface area contributed by atoms with Crippen LogP contribution >= 0.6 is 10.5 Å². The van der Waals surface area contributed by atoms with Crippen molar-refractivity contribution in [2.24, 2.45) is 0 Å². The van der Waals surface area contributed by atoms with E-state index in [0.29, 0.717) is 18.3 Å². The molecular formula is C17H22N2O2SW. The molecule has 0 bridgehead atoms. The van der Waals surface area contributed by atoms with Crippen molar-refractivity contribution in [3.05, 3.63) is 23.8 Å². The molecule has 1 saturated heterocycles. The first-order valence-electron chi connectivity index (χ1n) is 7.88. The quantitative estimate of drug-likeness (QED) is 0.630. The monoisotopic (exact) mass is 502 g/mol. The van der Waals surface area contributed by atoms with Gasteiger partial charge in [-0.3, -0.25) is 0 Å². The number of ether oxygens (including phenoxy) is 1. The first-order valence-corrected chi connectivity index (χ1v) is 10.8. The van der Waals surface area contributed by atoms with Gasteiger partial charge >= 0.3 is 144 Å². The zero-order chi connectivity index (χ0) is 16.6. The fourth-order valence-electron chi connectivity index (χ4n) is 3.12. The second kappa shape index (κ2) is 7.00. The number of nitrogens with one attached hydrogen (secondary N) is 1. The fourth-order valence-corrected chi connectivity index (χ4v) is 5.28. The van der Waals surface area contributed by atoms with E-state index in [4.69, 9.17) is 4.74 Å². The molecule has 124 valence electrons. The molecular weight excluding hydrogens is 480 g/mol. The van der Waals surface area contributed by atoms with Crippen molar-refractivity contribution in [2.45, 2.75) is 42.9 Å². The van der Waals surface area contributed by atoms with Gasteiger partial charge in [0, 0.05) is 0 Å². The molecule has 4 nitrogen and oxygen atoms in total. The number of nitrogens with zero attached hydrogens (tertiary/aromatic N) is 1. The van der Waals surface area contributed by atoms with Gasteiger partial charge in [0.2, 0.25) is 0 Å². The summed E-state index contributed by atoms with van der Waals surface area (Å²) in [6, 6.07) is 6.36. The molecule has 1 aromatic carbocycles. The van der Waals surface area contributed by atoms with E-state index in [2.05, 4.69) is 30.2 Å². The molecule has 3 unspecified atom stereocenters. The van der Waals surface area contributed by atoms with Crippen molar-refractivity contribution < 1.29 is 28.9 Å². The molecule has 0 aromatic heterocycles. The van der Waals surface area contributed by atoms with Gasteiger partial charge in [0.15, 0.2) is 0 Å². The average Bonchev–Trinajstić information content (AvgIpc) is 3.05. The first kappa shape index (κ1) is 17.1. The zero-order valence-electron chi connectivity index (χ0n) is 13.5. The van der Waals surface area contributed by atoms with Crippen LogP contribution in [0.15, 0.2) is 23.1 Å². The summed E-state index contributed by atoms with van der Waals surface area (Å²) in [6.07, 6.45) is 1.91. The number of rotatable bonds is 5. The van der Waals surface area contributed by atoms with E-state index in [0.717, 1.165) is 18.5 Å². The van der Waals surface area contributed by atoms with Crippen LogP contribution in [0.5, 0.6) is 0 Å². The summed E-state index contributed by atoms with van der Waals surface area (Å²) >= 11 is 1.41. The molecule has 0 saturated carbocycles. The average molecular weight is 502 g/mol. The molecule has 3 atom stereocenters. The smallest absolute Gasteiger partial charge is 0.0643 e. The Morgan fingerprint density at radius 2 is 2.35 bits per heavy atom. The first-order chi connectivity index (χ1) is 11.0. The maximum atomic E-state index is 12.2. The summed E-state index contributed by atoms with van der Waals surface area (Å²) < 4.78 is 6.68. The number of cyclic esters (lactones) is 1. The summed E-state index contributed by atoms with van der Waals surface area (Å²) in [5, 5.41) is 3.93. The second-order valence-corrected chi connectivity index (χ2v) is 10.2. The van der Waals surface area contributed by atoms with Gasteiger partial charge in [-0.25, -0.2) is 0 Å². The van der Waals surface area contributed by atoms with Crippen molar-refractivity contribution in [1.82, 2.24) is 5.32 Å². The number of benzene rings is 1. The molecule has 23 heavy (non-hydrogen) atoms. The van der Waals surface area contributed by atoms with Crippen LogP contribution in [0.1, 0.15) is 25.8 Å². The van der Waals surface area contributed by atoms with E-state index in [-0.39, 0.29) is 22.7 Å². The van der Waals surface area contributed by atoms with Gasteiger partial charge in [0.05, 0.1) is 0 Å². The van der Waals surface area contributed by atoms with Gasteiger partial charge in [-0.05, 0) is 0 Å². The number of fused-ring (bicyclic) bond motifs is 1. The van der Waals surface area contributed by atoms with Gasteiger partial charge in [0.25, 0.3) is 0 Å². The van der Waals surface area contributed by atoms with Crippen molar-refractivity contribution in [1.29, 1.82) is 0 Å². The van der Waals surface area contributed by atoms with Crippen LogP contribution in [0, 0.1) is 0 Å². The molecule has 1 amide bonds. The third-order valence-electron chi connectivity index (χ3n) is 4.40. The summed E-state index contributed by atoms with van der Waals surface area (Å²) in [6.45, 7) is 5.57. The van der Waals surface area contributed by atoms with Gasteiger partial charge in [-0.2, -0.15) is 0 Å². The minimum atomic E-state index is -0.239. The number of carbonyl (C=O) groups excluding carboxylic acids is 1. The molecule has 2 aliphatic heterocycles. The van der Waals surface area contributed by atoms with Gasteiger partial charge < -0.3 is 0 Å². The normalized spacial score (nSPS) is 26.3. The summed E-state index contributed by atoms with van der Waals surface area (Å²) in [5.74, 6) is 4.34. The van der Waals surface area contributed by atoms with Crippen molar-refractivity contribution in [3.63, 3.8) is 0 Å². The van der Waals surface area contributed by atoms with Gasteiger partial charge in [0.1, 0.15) is 0 Å². The predicted molar refractivity (Wildman–Crippen MR) is 93.5 cm³/mol. The van der Waals surface area contributed by atoms with Crippen LogP contribution < -0.4 is 10.2 Å². The molecule has 3 rings (SSSR count). The molecule has 1 N–H and O–H groups in total. The molecule has 1 aromatic rings. The Hall–Kier alpha value is -0.772. The van der Waals surface area contributed by atoms with E-state index in [1.807, 2.05) is 13.0 Å². The topological polar surface area (TPSA) is 41.6 Å². The van der Waals surface area contributed by atoms with Gasteiger partial charge in [-0.1, -0.05) is 6.92 Å². The Morgan fingerprint density at radius 1 is 1.57 bits per heavy atom. The van der Waals surface area contributed by atoms with E-state index in [1.165, 1.54) is 33.8 Å². The summed E-state index contributed by atoms with van der Waals surface area (Å²) in [7, 11) is 0.0854. The van der Waals surface area contributed by atoms with Crippen LogP contribution in [0.2, 0.25) is 0 Å². The molecule has 0 spiro atoms. The van der Waals surface area contributed by atoms with Crippen LogP contribution in [-0.2, 0) is 30.5 Å². The minimum Gasteiger partial charge on any atom is -0.0643 e. The van der Waals surface area contributed by atoms with E-state index >= 15 is 0 Å². The standard InChI is InChI=1S/C17H22N2O2S.W/c1-4-15-9-12-8-13(6-7-16(12)22(15)3)19-11-14(10-18-5-2)21-17(19)20;/h6-8,14-15,18H,3-4,9-11H2,1-2H3;. The van der Waals surface area contributed by atoms with Crippen LogP contribution in [0.4, 0.5) is 10.5 Å². The predicted octanol–water partition coefficient (Wildman–Crippen LogP) is 2.69. The van der Waals surface area contributed by atoms with Crippen LogP contribution in [0.25, 0.3) is 0 Å². The molecule has 1 fully saturated rings. The number of amides is 1. The van der Waals surface area contributed by atoms with E-state index in [1.54, 1.807) is 4.90 Å². The van der Waals surface area contributed by atoms with Crippen molar-refractivity contribution in [3.8, 4) is 0 Å². The number of hydrogen-bond acceptors (Lipinski definition) is 3. The summed E-state index contributed by atoms with van der Waals surface area (Å²) in [4.78, 5) is 15.3. The Balaban J connectivity index is 1.75. The Labute approximate surface area is 150 Å². The van der Waals surface area contributed by atoms with Crippen LogP contribution in [0.3, 0.4) is 0 Å². The maximum absolute atomic E-state index is 12.2. The van der Waals surface area contributed by atoms with Crippen molar-refractivity contribution in [2.75, 3.05) is 18.0 Å². The summed E-state index contributed by atoms with van der Waals surface area (Å²) in [5.41, 5.74) is 2.30. The van der Waals surface area contributed by atoms with Gasteiger partial charge in [-0.15, -0.1) is 0 Å². The third kappa shape index (κ3) is 3.52. The Morgan fingerprint density at radius 3 is 3.04 bits per heavy atom. The number of anilines is 1. The molecule has 0 radical (unpaired) electrons. The molecule has 2 aliphatic rings. The Bertz CT molecular complexity index is 677. The van der Waals surface area contributed by atoms with Crippen molar-refractivity contribution >= 4 is 32.2 Å². The number of carbonyl (C=O) groups is 1. The molecule has 6 heteroatoms.